The van der Waals surface area contributed by atoms with E-state index in [-0.39, 0.29) is 23.8 Å². The van der Waals surface area contributed by atoms with Crippen LogP contribution in [0.15, 0.2) is 54.6 Å². The molecule has 2 amide bonds. The molecule has 0 aliphatic carbocycles. The first kappa shape index (κ1) is 19.9. The molecule has 1 fully saturated rings. The highest BCUT2D eigenvalue weighted by atomic mass is 16.5. The first-order valence-corrected chi connectivity index (χ1v) is 9.47. The molecule has 1 heterocycles. The van der Waals surface area contributed by atoms with Crippen LogP contribution in [0.4, 0.5) is 0 Å². The fraction of sp³-hybridized carbons (Fsp3) is 0.364. The lowest BCUT2D eigenvalue weighted by Gasteiger charge is -2.24. The highest BCUT2D eigenvalue weighted by Gasteiger charge is 2.36. The van der Waals surface area contributed by atoms with Crippen molar-refractivity contribution >= 4 is 11.8 Å². The van der Waals surface area contributed by atoms with Crippen molar-refractivity contribution in [1.29, 1.82) is 0 Å². The number of carbonyl (C=O) groups is 2. The molecular weight excluding hydrogens is 354 g/mol. The van der Waals surface area contributed by atoms with Gasteiger partial charge in [0.05, 0.1) is 7.11 Å². The number of nitrogens with one attached hydrogen (secondary N) is 1. The largest absolute Gasteiger partial charge is 0.497 e. The minimum atomic E-state index is -0.633. The van der Waals surface area contributed by atoms with E-state index in [2.05, 4.69) is 5.32 Å². The number of nitrogens with zero attached hydrogens (tertiary/aromatic N) is 1. The zero-order valence-corrected chi connectivity index (χ0v) is 16.3. The van der Waals surface area contributed by atoms with E-state index in [0.717, 1.165) is 16.9 Å². The van der Waals surface area contributed by atoms with Crippen molar-refractivity contribution in [3.8, 4) is 5.75 Å². The molecule has 0 radical (unpaired) electrons. The Kier molecular flexibility index (Phi) is 6.31. The van der Waals surface area contributed by atoms with Gasteiger partial charge in [-0.15, -0.1) is 0 Å². The van der Waals surface area contributed by atoms with Crippen molar-refractivity contribution in [3.05, 3.63) is 65.7 Å². The van der Waals surface area contributed by atoms with Gasteiger partial charge in [-0.2, -0.15) is 0 Å². The van der Waals surface area contributed by atoms with Gasteiger partial charge in [-0.05, 0) is 23.3 Å². The Morgan fingerprint density at radius 1 is 1.18 bits per heavy atom. The third kappa shape index (κ3) is 4.70. The predicted octanol–water partition coefficient (Wildman–Crippen LogP) is 1.70. The summed E-state index contributed by atoms with van der Waals surface area (Å²) in [5.74, 6) is 0.482. The Labute approximate surface area is 165 Å². The molecule has 3 atom stereocenters. The van der Waals surface area contributed by atoms with Gasteiger partial charge in [0.2, 0.25) is 11.8 Å². The maximum Gasteiger partial charge on any atom is 0.245 e. The number of amides is 2. The predicted molar refractivity (Wildman–Crippen MR) is 108 cm³/mol. The number of ether oxygens (including phenoxy) is 1. The number of nitrogens with two attached hydrogens (primary N) is 1. The third-order valence-electron chi connectivity index (χ3n) is 5.15. The van der Waals surface area contributed by atoms with Crippen LogP contribution in [0.3, 0.4) is 0 Å². The van der Waals surface area contributed by atoms with Crippen LogP contribution < -0.4 is 15.8 Å². The molecule has 2 aromatic rings. The number of hydrogen-bond donors (Lipinski definition) is 2. The van der Waals surface area contributed by atoms with E-state index in [1.807, 2.05) is 54.6 Å². The van der Waals surface area contributed by atoms with Crippen LogP contribution in [-0.4, -0.2) is 49.0 Å². The Balaban J connectivity index is 1.75. The maximum atomic E-state index is 13.2. The number of methoxy groups -OCH3 is 1. The van der Waals surface area contributed by atoms with E-state index in [1.54, 1.807) is 12.0 Å². The molecule has 2 aromatic carbocycles. The molecule has 1 aliphatic heterocycles. The Morgan fingerprint density at radius 2 is 1.93 bits per heavy atom. The van der Waals surface area contributed by atoms with Gasteiger partial charge in [0.25, 0.3) is 0 Å². The van der Waals surface area contributed by atoms with E-state index < -0.39 is 6.04 Å². The Hall–Kier alpha value is -2.86. The number of rotatable bonds is 6. The molecule has 0 bridgehead atoms. The van der Waals surface area contributed by atoms with Crippen molar-refractivity contribution in [2.24, 2.45) is 5.73 Å². The lowest BCUT2D eigenvalue weighted by molar-refractivity contribution is -0.135. The minimum Gasteiger partial charge on any atom is -0.497 e. The number of likely N-dealkylation sites (tertiary alicyclic amines) is 1. The van der Waals surface area contributed by atoms with Crippen LogP contribution >= 0.6 is 0 Å². The Morgan fingerprint density at radius 3 is 2.61 bits per heavy atom. The standard InChI is InChI=1S/C22H27N3O3/c1-15(26)24-21(12-16-7-6-10-18(11-16)28-2)22(27)25-13-19(20(23)14-25)17-8-4-3-5-9-17/h3-11,19-21H,12-14,23H2,1-2H3,(H,24,26)/t19-,20+,21?/m0/s1. The SMILES string of the molecule is COc1cccc(CC(NC(C)=O)C(=O)N2C[C@@H](N)[C@H](c3ccccc3)C2)c1. The van der Waals surface area contributed by atoms with Crippen molar-refractivity contribution < 1.29 is 14.3 Å². The van der Waals surface area contributed by atoms with Crippen molar-refractivity contribution in [2.45, 2.75) is 31.3 Å². The maximum absolute atomic E-state index is 13.2. The second-order valence-electron chi connectivity index (χ2n) is 7.23. The monoisotopic (exact) mass is 381 g/mol. The van der Waals surface area contributed by atoms with Crippen molar-refractivity contribution in [3.63, 3.8) is 0 Å². The smallest absolute Gasteiger partial charge is 0.245 e. The third-order valence-corrected chi connectivity index (χ3v) is 5.15. The van der Waals surface area contributed by atoms with E-state index in [1.165, 1.54) is 6.92 Å². The second kappa shape index (κ2) is 8.89. The van der Waals surface area contributed by atoms with Crippen molar-refractivity contribution in [1.82, 2.24) is 10.2 Å². The molecule has 0 saturated carbocycles. The average Bonchev–Trinajstić information content (AvgIpc) is 3.09. The van der Waals surface area contributed by atoms with Gasteiger partial charge in [0.15, 0.2) is 0 Å². The van der Waals surface area contributed by atoms with E-state index in [9.17, 15) is 9.59 Å². The summed E-state index contributed by atoms with van der Waals surface area (Å²) < 4.78 is 5.26. The highest BCUT2D eigenvalue weighted by molar-refractivity contribution is 5.87. The van der Waals surface area contributed by atoms with Crippen LogP contribution in [-0.2, 0) is 16.0 Å². The fourth-order valence-electron chi connectivity index (χ4n) is 3.76. The summed E-state index contributed by atoms with van der Waals surface area (Å²) in [5, 5.41) is 2.80. The molecule has 1 unspecified atom stereocenters. The summed E-state index contributed by atoms with van der Waals surface area (Å²) in [4.78, 5) is 26.7. The van der Waals surface area contributed by atoms with Crippen LogP contribution in [0.5, 0.6) is 5.75 Å². The lowest BCUT2D eigenvalue weighted by atomic mass is 9.95. The van der Waals surface area contributed by atoms with Gasteiger partial charge >= 0.3 is 0 Å². The van der Waals surface area contributed by atoms with Gasteiger partial charge in [-0.1, -0.05) is 42.5 Å². The molecule has 6 heteroatoms. The number of carbonyl (C=O) groups excluding carboxylic acids is 2. The molecule has 6 nitrogen and oxygen atoms in total. The molecule has 0 aromatic heterocycles. The normalized spacial score (nSPS) is 19.9. The van der Waals surface area contributed by atoms with Gasteiger partial charge in [0, 0.05) is 38.4 Å². The first-order valence-electron chi connectivity index (χ1n) is 9.47. The summed E-state index contributed by atoms with van der Waals surface area (Å²) in [6, 6.07) is 16.8. The summed E-state index contributed by atoms with van der Waals surface area (Å²) in [7, 11) is 1.60. The molecule has 1 saturated heterocycles. The molecular formula is C22H27N3O3. The lowest BCUT2D eigenvalue weighted by Crippen LogP contribution is -2.49. The molecule has 3 N–H and O–H groups in total. The summed E-state index contributed by atoms with van der Waals surface area (Å²) in [5.41, 5.74) is 8.39. The van der Waals surface area contributed by atoms with Gasteiger partial charge < -0.3 is 20.7 Å². The quantitative estimate of drug-likeness (QED) is 0.798. The zero-order valence-electron chi connectivity index (χ0n) is 16.3. The van der Waals surface area contributed by atoms with Crippen LogP contribution in [0, 0.1) is 0 Å². The van der Waals surface area contributed by atoms with E-state index >= 15 is 0 Å². The van der Waals surface area contributed by atoms with Gasteiger partial charge in [-0.25, -0.2) is 0 Å². The van der Waals surface area contributed by atoms with Crippen LogP contribution in [0.1, 0.15) is 24.0 Å². The van der Waals surface area contributed by atoms with E-state index in [0.29, 0.717) is 19.5 Å². The van der Waals surface area contributed by atoms with Crippen LogP contribution in [0.2, 0.25) is 0 Å². The topological polar surface area (TPSA) is 84.7 Å². The summed E-state index contributed by atoms with van der Waals surface area (Å²) >= 11 is 0. The van der Waals surface area contributed by atoms with Crippen LogP contribution in [0.25, 0.3) is 0 Å². The number of benzene rings is 2. The second-order valence-corrected chi connectivity index (χ2v) is 7.23. The van der Waals surface area contributed by atoms with Crippen molar-refractivity contribution in [2.75, 3.05) is 20.2 Å². The molecule has 0 spiro atoms. The first-order chi connectivity index (χ1) is 13.5. The number of hydrogen-bond acceptors (Lipinski definition) is 4. The molecule has 3 rings (SSSR count). The molecule has 148 valence electrons. The average molecular weight is 381 g/mol. The molecule has 1 aliphatic rings. The molecule has 28 heavy (non-hydrogen) atoms. The zero-order chi connectivity index (χ0) is 20.1. The van der Waals surface area contributed by atoms with E-state index in [4.69, 9.17) is 10.5 Å². The minimum absolute atomic E-state index is 0.0972. The van der Waals surface area contributed by atoms with Gasteiger partial charge in [-0.3, -0.25) is 9.59 Å². The highest BCUT2D eigenvalue weighted by Crippen LogP contribution is 2.27. The van der Waals surface area contributed by atoms with Gasteiger partial charge in [0.1, 0.15) is 11.8 Å². The Bertz CT molecular complexity index is 825. The summed E-state index contributed by atoms with van der Waals surface area (Å²) in [6.45, 7) is 2.46. The fourth-order valence-corrected chi connectivity index (χ4v) is 3.76. The summed E-state index contributed by atoms with van der Waals surface area (Å²) in [6.07, 6.45) is 0.400.